The third-order valence-electron chi connectivity index (χ3n) is 3.84. The molecule has 0 atom stereocenters. The smallest absolute Gasteiger partial charge is 0.235 e. The van der Waals surface area contributed by atoms with Crippen molar-refractivity contribution in [3.8, 4) is 11.4 Å². The van der Waals surface area contributed by atoms with Gasteiger partial charge in [-0.05, 0) is 26.3 Å². The Labute approximate surface area is 150 Å². The first-order valence-electron chi connectivity index (χ1n) is 8.02. The van der Waals surface area contributed by atoms with Crippen molar-refractivity contribution in [1.82, 2.24) is 25.0 Å². The lowest BCUT2D eigenvalue weighted by Crippen LogP contribution is -2.15. The van der Waals surface area contributed by atoms with E-state index in [2.05, 4.69) is 38.7 Å². The fraction of sp³-hybridized carbons (Fsp3) is 0.294. The summed E-state index contributed by atoms with van der Waals surface area (Å²) in [5, 5.41) is 18.8. The number of anilines is 1. The third-order valence-corrected chi connectivity index (χ3v) is 4.81. The highest BCUT2D eigenvalue weighted by atomic mass is 32.2. The van der Waals surface area contributed by atoms with Crippen LogP contribution in [0, 0.1) is 13.8 Å². The summed E-state index contributed by atoms with van der Waals surface area (Å²) in [5.41, 5.74) is 3.10. The zero-order valence-electron chi connectivity index (χ0n) is 14.4. The Hall–Kier alpha value is -2.61. The van der Waals surface area contributed by atoms with Crippen LogP contribution in [0.3, 0.4) is 0 Å². The Morgan fingerprint density at radius 3 is 2.72 bits per heavy atom. The van der Waals surface area contributed by atoms with Crippen LogP contribution in [0.1, 0.15) is 18.1 Å². The Morgan fingerprint density at radius 2 is 2.04 bits per heavy atom. The molecule has 0 radical (unpaired) electrons. The molecule has 1 aromatic carbocycles. The van der Waals surface area contributed by atoms with Crippen molar-refractivity contribution in [2.45, 2.75) is 32.5 Å². The second-order valence-corrected chi connectivity index (χ2v) is 6.57. The number of rotatable bonds is 6. The molecular formula is C17H20N6OS. The van der Waals surface area contributed by atoms with E-state index in [1.807, 2.05) is 36.6 Å². The summed E-state index contributed by atoms with van der Waals surface area (Å²) in [6, 6.07) is 8.08. The number of aromatic amines is 1. The van der Waals surface area contributed by atoms with Gasteiger partial charge in [-0.1, -0.05) is 36.0 Å². The minimum atomic E-state index is -0.111. The fourth-order valence-corrected chi connectivity index (χ4v) is 3.28. The molecule has 25 heavy (non-hydrogen) atoms. The lowest BCUT2D eigenvalue weighted by Gasteiger charge is -2.09. The quantitative estimate of drug-likeness (QED) is 0.663. The van der Waals surface area contributed by atoms with E-state index in [9.17, 15) is 4.79 Å². The van der Waals surface area contributed by atoms with Crippen molar-refractivity contribution in [3.63, 3.8) is 0 Å². The maximum absolute atomic E-state index is 12.1. The third kappa shape index (κ3) is 3.74. The number of thioether (sulfide) groups is 1. The summed E-state index contributed by atoms with van der Waals surface area (Å²) in [7, 11) is 0. The van der Waals surface area contributed by atoms with Gasteiger partial charge in [0.1, 0.15) is 5.82 Å². The SMILES string of the molecule is CCn1c(SCC(=O)Nc2[nH]ncc2C)nnc1-c1ccccc1C. The average molecular weight is 356 g/mol. The number of H-pyrrole nitrogens is 1. The van der Waals surface area contributed by atoms with Crippen molar-refractivity contribution in [3.05, 3.63) is 41.6 Å². The molecule has 0 aliphatic carbocycles. The first-order chi connectivity index (χ1) is 12.1. The molecule has 130 valence electrons. The molecule has 0 fully saturated rings. The molecule has 8 heteroatoms. The van der Waals surface area contributed by atoms with Crippen LogP contribution in [0.2, 0.25) is 0 Å². The van der Waals surface area contributed by atoms with Gasteiger partial charge in [0.05, 0.1) is 11.9 Å². The monoisotopic (exact) mass is 356 g/mol. The maximum atomic E-state index is 12.1. The molecule has 0 spiro atoms. The molecule has 0 aliphatic heterocycles. The van der Waals surface area contributed by atoms with E-state index in [1.54, 1.807) is 6.20 Å². The molecule has 1 amide bonds. The topological polar surface area (TPSA) is 88.5 Å². The minimum Gasteiger partial charge on any atom is -0.310 e. The lowest BCUT2D eigenvalue weighted by atomic mass is 10.1. The molecule has 2 N–H and O–H groups in total. The highest BCUT2D eigenvalue weighted by molar-refractivity contribution is 7.99. The number of hydrogen-bond acceptors (Lipinski definition) is 5. The normalized spacial score (nSPS) is 10.8. The molecule has 3 rings (SSSR count). The predicted octanol–water partition coefficient (Wildman–Crippen LogP) is 3.04. The van der Waals surface area contributed by atoms with Gasteiger partial charge in [0.15, 0.2) is 11.0 Å². The second-order valence-electron chi connectivity index (χ2n) is 5.63. The predicted molar refractivity (Wildman–Crippen MR) is 98.5 cm³/mol. The fourth-order valence-electron chi connectivity index (χ4n) is 2.48. The zero-order valence-corrected chi connectivity index (χ0v) is 15.2. The van der Waals surface area contributed by atoms with Crippen LogP contribution in [0.15, 0.2) is 35.6 Å². The van der Waals surface area contributed by atoms with Crippen LogP contribution < -0.4 is 5.32 Å². The van der Waals surface area contributed by atoms with Gasteiger partial charge in [-0.3, -0.25) is 9.89 Å². The number of benzene rings is 1. The van der Waals surface area contributed by atoms with Gasteiger partial charge >= 0.3 is 0 Å². The Kier molecular flexibility index (Phi) is 5.18. The molecule has 2 heterocycles. The first-order valence-corrected chi connectivity index (χ1v) is 9.00. The highest BCUT2D eigenvalue weighted by Crippen LogP contribution is 2.26. The van der Waals surface area contributed by atoms with E-state index < -0.39 is 0 Å². The first kappa shape index (κ1) is 17.2. The van der Waals surface area contributed by atoms with E-state index in [4.69, 9.17) is 0 Å². The van der Waals surface area contributed by atoms with E-state index >= 15 is 0 Å². The number of aryl methyl sites for hydroxylation is 2. The molecule has 0 unspecified atom stereocenters. The number of amides is 1. The van der Waals surface area contributed by atoms with Crippen LogP contribution in [0.5, 0.6) is 0 Å². The number of carbonyl (C=O) groups excluding carboxylic acids is 1. The van der Waals surface area contributed by atoms with Gasteiger partial charge < -0.3 is 9.88 Å². The summed E-state index contributed by atoms with van der Waals surface area (Å²) >= 11 is 1.37. The number of nitrogens with zero attached hydrogens (tertiary/aromatic N) is 4. The van der Waals surface area contributed by atoms with Crippen molar-refractivity contribution in [2.75, 3.05) is 11.1 Å². The summed E-state index contributed by atoms with van der Waals surface area (Å²) in [6.07, 6.45) is 1.67. The van der Waals surface area contributed by atoms with Crippen LogP contribution in [0.4, 0.5) is 5.82 Å². The van der Waals surface area contributed by atoms with Crippen molar-refractivity contribution in [1.29, 1.82) is 0 Å². The van der Waals surface area contributed by atoms with Gasteiger partial charge in [-0.15, -0.1) is 10.2 Å². The summed E-state index contributed by atoms with van der Waals surface area (Å²) in [6.45, 7) is 6.72. The van der Waals surface area contributed by atoms with E-state index in [1.165, 1.54) is 11.8 Å². The largest absolute Gasteiger partial charge is 0.310 e. The average Bonchev–Trinajstić information content (AvgIpc) is 3.19. The molecule has 7 nitrogen and oxygen atoms in total. The van der Waals surface area contributed by atoms with E-state index in [-0.39, 0.29) is 11.7 Å². The molecule has 0 saturated carbocycles. The molecular weight excluding hydrogens is 336 g/mol. The van der Waals surface area contributed by atoms with Gasteiger partial charge in [-0.25, -0.2) is 0 Å². The second kappa shape index (κ2) is 7.52. The summed E-state index contributed by atoms with van der Waals surface area (Å²) < 4.78 is 2.03. The highest BCUT2D eigenvalue weighted by Gasteiger charge is 2.16. The molecule has 2 aromatic heterocycles. The summed E-state index contributed by atoms with van der Waals surface area (Å²) in [5.74, 6) is 1.60. The van der Waals surface area contributed by atoms with Gasteiger partial charge in [0, 0.05) is 17.7 Å². The Balaban J connectivity index is 1.72. The van der Waals surface area contributed by atoms with Crippen molar-refractivity contribution < 1.29 is 4.79 Å². The number of carbonyl (C=O) groups is 1. The van der Waals surface area contributed by atoms with Gasteiger partial charge in [0.2, 0.25) is 5.91 Å². The van der Waals surface area contributed by atoms with Crippen LogP contribution in [-0.4, -0.2) is 36.6 Å². The van der Waals surface area contributed by atoms with Gasteiger partial charge in [0.25, 0.3) is 0 Å². The number of nitrogens with one attached hydrogen (secondary N) is 2. The van der Waals surface area contributed by atoms with E-state index in [0.717, 1.165) is 34.2 Å². The van der Waals surface area contributed by atoms with Crippen LogP contribution in [-0.2, 0) is 11.3 Å². The summed E-state index contributed by atoms with van der Waals surface area (Å²) in [4.78, 5) is 12.1. The lowest BCUT2D eigenvalue weighted by molar-refractivity contribution is -0.113. The Bertz CT molecular complexity index is 885. The van der Waals surface area contributed by atoms with Crippen LogP contribution in [0.25, 0.3) is 11.4 Å². The number of aromatic nitrogens is 5. The standard InChI is InChI=1S/C17H20N6OS/c1-4-23-16(13-8-6-5-7-11(13)2)21-22-17(23)25-10-14(24)19-15-12(3)9-18-20-15/h5-9H,4,10H2,1-3H3,(H2,18,19,20,24). The van der Waals surface area contributed by atoms with E-state index in [0.29, 0.717) is 5.82 Å². The number of hydrogen-bond donors (Lipinski definition) is 2. The van der Waals surface area contributed by atoms with Gasteiger partial charge in [-0.2, -0.15) is 5.10 Å². The minimum absolute atomic E-state index is 0.111. The molecule has 0 bridgehead atoms. The maximum Gasteiger partial charge on any atom is 0.235 e. The molecule has 3 aromatic rings. The Morgan fingerprint density at radius 1 is 1.24 bits per heavy atom. The zero-order chi connectivity index (χ0) is 17.8. The van der Waals surface area contributed by atoms with Crippen molar-refractivity contribution in [2.24, 2.45) is 0 Å². The molecule has 0 aliphatic rings. The van der Waals surface area contributed by atoms with Crippen LogP contribution >= 0.6 is 11.8 Å². The molecule has 0 saturated heterocycles. The van der Waals surface area contributed by atoms with Crippen molar-refractivity contribution >= 4 is 23.5 Å².